The Morgan fingerprint density at radius 3 is 2.44 bits per heavy atom. The molecule has 0 unspecified atom stereocenters. The fourth-order valence-electron chi connectivity index (χ4n) is 1.17. The SMILES string of the molecule is CN1CC[C@H](C(F)F)C1. The van der Waals surface area contributed by atoms with E-state index in [1.807, 2.05) is 11.9 Å². The molecule has 0 aromatic rings. The van der Waals surface area contributed by atoms with E-state index in [2.05, 4.69) is 0 Å². The first-order chi connectivity index (χ1) is 4.20. The van der Waals surface area contributed by atoms with Gasteiger partial charge in [-0.3, -0.25) is 0 Å². The summed E-state index contributed by atoms with van der Waals surface area (Å²) >= 11 is 0. The van der Waals surface area contributed by atoms with Crippen molar-refractivity contribution in [3.05, 3.63) is 0 Å². The fourth-order valence-corrected chi connectivity index (χ4v) is 1.17. The summed E-state index contributed by atoms with van der Waals surface area (Å²) in [6.45, 7) is 1.40. The van der Waals surface area contributed by atoms with Gasteiger partial charge in [0.05, 0.1) is 0 Å². The highest BCUT2D eigenvalue weighted by atomic mass is 19.3. The molecule has 1 nitrogen and oxygen atoms in total. The van der Waals surface area contributed by atoms with Gasteiger partial charge in [0.2, 0.25) is 6.43 Å². The van der Waals surface area contributed by atoms with Crippen molar-refractivity contribution in [2.45, 2.75) is 12.8 Å². The van der Waals surface area contributed by atoms with Gasteiger partial charge in [0.25, 0.3) is 0 Å². The van der Waals surface area contributed by atoms with E-state index < -0.39 is 6.43 Å². The highest BCUT2D eigenvalue weighted by Gasteiger charge is 2.26. The van der Waals surface area contributed by atoms with Gasteiger partial charge < -0.3 is 4.90 Å². The van der Waals surface area contributed by atoms with Gasteiger partial charge in [-0.05, 0) is 20.0 Å². The van der Waals surface area contributed by atoms with Crippen LogP contribution < -0.4 is 0 Å². The Labute approximate surface area is 53.6 Å². The Balaban J connectivity index is 2.30. The quantitative estimate of drug-likeness (QED) is 0.522. The van der Waals surface area contributed by atoms with E-state index in [1.165, 1.54) is 0 Å². The van der Waals surface area contributed by atoms with Crippen molar-refractivity contribution in [1.29, 1.82) is 0 Å². The third-order valence-electron chi connectivity index (χ3n) is 1.78. The average Bonchev–Trinajstić information content (AvgIpc) is 2.14. The lowest BCUT2D eigenvalue weighted by molar-refractivity contribution is 0.0823. The zero-order valence-corrected chi connectivity index (χ0v) is 5.48. The van der Waals surface area contributed by atoms with E-state index in [0.29, 0.717) is 13.0 Å². The topological polar surface area (TPSA) is 3.24 Å². The molecule has 0 saturated carbocycles. The molecule has 9 heavy (non-hydrogen) atoms. The van der Waals surface area contributed by atoms with Crippen molar-refractivity contribution in [3.8, 4) is 0 Å². The lowest BCUT2D eigenvalue weighted by Crippen LogP contribution is -2.17. The highest BCUT2D eigenvalue weighted by molar-refractivity contribution is 4.73. The maximum atomic E-state index is 11.9. The van der Waals surface area contributed by atoms with Crippen molar-refractivity contribution in [1.82, 2.24) is 4.90 Å². The second kappa shape index (κ2) is 2.60. The molecule has 0 amide bonds. The standard InChI is InChI=1S/C6H11F2N/c1-9-3-2-5(4-9)6(7)8/h5-6H,2-4H2,1H3/t5-/m0/s1. The van der Waals surface area contributed by atoms with Gasteiger partial charge in [-0.2, -0.15) is 0 Å². The average molecular weight is 135 g/mol. The molecule has 54 valence electrons. The molecular formula is C6H11F2N. The molecule has 0 bridgehead atoms. The third-order valence-corrected chi connectivity index (χ3v) is 1.78. The number of likely N-dealkylation sites (tertiary alicyclic amines) is 1. The molecule has 1 aliphatic heterocycles. The second-order valence-electron chi connectivity index (χ2n) is 2.65. The summed E-state index contributed by atoms with van der Waals surface area (Å²) < 4.78 is 23.8. The van der Waals surface area contributed by atoms with Crippen LogP contribution in [-0.2, 0) is 0 Å². The van der Waals surface area contributed by atoms with Crippen LogP contribution in [0.15, 0.2) is 0 Å². The molecule has 1 atom stereocenters. The molecule has 1 aliphatic rings. The predicted octanol–water partition coefficient (Wildman–Crippen LogP) is 1.20. The van der Waals surface area contributed by atoms with E-state index in [1.54, 1.807) is 0 Å². The van der Waals surface area contributed by atoms with Gasteiger partial charge >= 0.3 is 0 Å². The van der Waals surface area contributed by atoms with Gasteiger partial charge in [0.1, 0.15) is 0 Å². The Hall–Kier alpha value is -0.180. The van der Waals surface area contributed by atoms with Crippen molar-refractivity contribution in [2.75, 3.05) is 20.1 Å². The van der Waals surface area contributed by atoms with Crippen LogP contribution in [-0.4, -0.2) is 31.5 Å². The van der Waals surface area contributed by atoms with Crippen LogP contribution in [0.4, 0.5) is 8.78 Å². The number of rotatable bonds is 1. The van der Waals surface area contributed by atoms with Crippen LogP contribution >= 0.6 is 0 Å². The van der Waals surface area contributed by atoms with Gasteiger partial charge in [-0.1, -0.05) is 0 Å². The Bertz CT molecular complexity index is 95.1. The second-order valence-corrected chi connectivity index (χ2v) is 2.65. The maximum absolute atomic E-state index is 11.9. The Morgan fingerprint density at radius 2 is 2.22 bits per heavy atom. The number of hydrogen-bond acceptors (Lipinski definition) is 1. The molecule has 1 rings (SSSR count). The molecular weight excluding hydrogens is 124 g/mol. The van der Waals surface area contributed by atoms with Crippen molar-refractivity contribution in [3.63, 3.8) is 0 Å². The van der Waals surface area contributed by atoms with Crippen LogP contribution in [0.25, 0.3) is 0 Å². The molecule has 0 aliphatic carbocycles. The summed E-state index contributed by atoms with van der Waals surface area (Å²) in [4.78, 5) is 1.94. The van der Waals surface area contributed by atoms with E-state index >= 15 is 0 Å². The van der Waals surface area contributed by atoms with Crippen molar-refractivity contribution < 1.29 is 8.78 Å². The summed E-state index contributed by atoms with van der Waals surface area (Å²) in [5.41, 5.74) is 0. The van der Waals surface area contributed by atoms with Crippen LogP contribution in [0, 0.1) is 5.92 Å². The molecule has 1 fully saturated rings. The maximum Gasteiger partial charge on any atom is 0.242 e. The van der Waals surface area contributed by atoms with Crippen molar-refractivity contribution >= 4 is 0 Å². The summed E-state index contributed by atoms with van der Waals surface area (Å²) in [5, 5.41) is 0. The zero-order valence-electron chi connectivity index (χ0n) is 5.48. The summed E-state index contributed by atoms with van der Waals surface area (Å²) in [6.07, 6.45) is -1.45. The van der Waals surface area contributed by atoms with Crippen LogP contribution in [0.1, 0.15) is 6.42 Å². The van der Waals surface area contributed by atoms with Crippen LogP contribution in [0.2, 0.25) is 0 Å². The van der Waals surface area contributed by atoms with Gasteiger partial charge in [0, 0.05) is 12.5 Å². The fraction of sp³-hybridized carbons (Fsp3) is 1.00. The Kier molecular flexibility index (Phi) is 2.01. The summed E-state index contributed by atoms with van der Waals surface area (Å²) in [6, 6.07) is 0. The summed E-state index contributed by atoms with van der Waals surface area (Å²) in [7, 11) is 1.88. The van der Waals surface area contributed by atoms with Crippen LogP contribution in [0.5, 0.6) is 0 Å². The Morgan fingerprint density at radius 1 is 1.56 bits per heavy atom. The number of alkyl halides is 2. The lowest BCUT2D eigenvalue weighted by atomic mass is 10.1. The normalized spacial score (nSPS) is 30.0. The van der Waals surface area contributed by atoms with Gasteiger partial charge in [0.15, 0.2) is 0 Å². The zero-order chi connectivity index (χ0) is 6.85. The molecule has 1 heterocycles. The van der Waals surface area contributed by atoms with Gasteiger partial charge in [-0.15, -0.1) is 0 Å². The molecule has 0 aromatic carbocycles. The largest absolute Gasteiger partial charge is 0.306 e. The van der Waals surface area contributed by atoms with Crippen molar-refractivity contribution in [2.24, 2.45) is 5.92 Å². The minimum atomic E-state index is -2.12. The first-order valence-electron chi connectivity index (χ1n) is 3.17. The van der Waals surface area contributed by atoms with E-state index in [4.69, 9.17) is 0 Å². The first-order valence-corrected chi connectivity index (χ1v) is 3.17. The van der Waals surface area contributed by atoms with E-state index in [0.717, 1.165) is 6.54 Å². The summed E-state index contributed by atoms with van der Waals surface area (Å²) in [5.74, 6) is -0.366. The molecule has 0 radical (unpaired) electrons. The molecule has 1 saturated heterocycles. The minimum absolute atomic E-state index is 0.366. The van der Waals surface area contributed by atoms with Gasteiger partial charge in [-0.25, -0.2) is 8.78 Å². The molecule has 3 heteroatoms. The molecule has 0 aromatic heterocycles. The highest BCUT2D eigenvalue weighted by Crippen LogP contribution is 2.20. The number of halogens is 2. The third kappa shape index (κ3) is 1.61. The molecule has 0 N–H and O–H groups in total. The minimum Gasteiger partial charge on any atom is -0.306 e. The van der Waals surface area contributed by atoms with E-state index in [9.17, 15) is 8.78 Å². The lowest BCUT2D eigenvalue weighted by Gasteiger charge is -2.07. The van der Waals surface area contributed by atoms with E-state index in [-0.39, 0.29) is 5.92 Å². The monoisotopic (exact) mass is 135 g/mol. The predicted molar refractivity (Wildman–Crippen MR) is 31.6 cm³/mol. The number of nitrogens with zero attached hydrogens (tertiary/aromatic N) is 1. The molecule has 0 spiro atoms. The van der Waals surface area contributed by atoms with Crippen LogP contribution in [0.3, 0.4) is 0 Å². The first kappa shape index (κ1) is 6.93. The smallest absolute Gasteiger partial charge is 0.242 e. The number of hydrogen-bond donors (Lipinski definition) is 0.